The molecule has 3 heterocycles. The van der Waals surface area contributed by atoms with Crippen molar-refractivity contribution in [1.29, 1.82) is 0 Å². The highest BCUT2D eigenvalue weighted by molar-refractivity contribution is 5.76. The van der Waals surface area contributed by atoms with Gasteiger partial charge in [-0.2, -0.15) is 5.10 Å². The zero-order valence-electron chi connectivity index (χ0n) is 19.9. The average molecular weight is 443 g/mol. The minimum Gasteiger partial charge on any atom is -0.311 e. The standard InChI is InChI=1S/C27H34N6/c1-4-10-23(32(5-2)6-3)19-28-18-21-13-15-29-26(17-21)24-20-30-33-16-14-25(31-27(24)33)22-11-8-7-9-12-22/h7-9,11-17,20,23,28H,4-6,10,18-19H2,1-3H3. The monoisotopic (exact) mass is 442 g/mol. The predicted octanol–water partition coefficient (Wildman–Crippen LogP) is 5.06. The summed E-state index contributed by atoms with van der Waals surface area (Å²) < 4.78 is 1.81. The van der Waals surface area contributed by atoms with E-state index in [0.29, 0.717) is 6.04 Å². The summed E-state index contributed by atoms with van der Waals surface area (Å²) in [5, 5.41) is 8.17. The molecule has 0 saturated carbocycles. The molecular formula is C27H34N6. The van der Waals surface area contributed by atoms with Crippen LogP contribution < -0.4 is 5.32 Å². The Bertz CT molecular complexity index is 1150. The molecule has 1 N–H and O–H groups in total. The molecule has 3 aromatic heterocycles. The maximum atomic E-state index is 4.89. The molecule has 33 heavy (non-hydrogen) atoms. The number of fused-ring (bicyclic) bond motifs is 1. The molecule has 0 radical (unpaired) electrons. The van der Waals surface area contributed by atoms with Crippen molar-refractivity contribution in [3.05, 3.63) is 72.7 Å². The molecular weight excluding hydrogens is 408 g/mol. The van der Waals surface area contributed by atoms with Crippen LogP contribution >= 0.6 is 0 Å². The van der Waals surface area contributed by atoms with Crippen molar-refractivity contribution in [3.8, 4) is 22.5 Å². The molecule has 4 rings (SSSR count). The van der Waals surface area contributed by atoms with Crippen LogP contribution in [0.15, 0.2) is 67.1 Å². The van der Waals surface area contributed by atoms with Crippen LogP contribution in [0.4, 0.5) is 0 Å². The molecule has 172 valence electrons. The van der Waals surface area contributed by atoms with Crippen LogP contribution in [-0.2, 0) is 6.54 Å². The van der Waals surface area contributed by atoms with Gasteiger partial charge in [-0.05, 0) is 43.3 Å². The van der Waals surface area contributed by atoms with E-state index in [4.69, 9.17) is 4.98 Å². The number of benzene rings is 1. The van der Waals surface area contributed by atoms with Gasteiger partial charge in [-0.15, -0.1) is 0 Å². The maximum absolute atomic E-state index is 4.89. The third-order valence-corrected chi connectivity index (χ3v) is 6.20. The number of likely N-dealkylation sites (N-methyl/N-ethyl adjacent to an activating group) is 1. The van der Waals surface area contributed by atoms with E-state index in [9.17, 15) is 0 Å². The largest absolute Gasteiger partial charge is 0.311 e. The molecule has 0 bridgehead atoms. The summed E-state index contributed by atoms with van der Waals surface area (Å²) >= 11 is 0. The van der Waals surface area contributed by atoms with Gasteiger partial charge in [-0.25, -0.2) is 9.50 Å². The van der Waals surface area contributed by atoms with Crippen molar-refractivity contribution in [3.63, 3.8) is 0 Å². The number of pyridine rings is 1. The molecule has 0 fully saturated rings. The van der Waals surface area contributed by atoms with Crippen LogP contribution in [0.25, 0.3) is 28.2 Å². The second-order valence-corrected chi connectivity index (χ2v) is 8.35. The summed E-state index contributed by atoms with van der Waals surface area (Å²) in [6.45, 7) is 10.7. The van der Waals surface area contributed by atoms with Gasteiger partial charge in [-0.1, -0.05) is 57.5 Å². The van der Waals surface area contributed by atoms with Crippen LogP contribution in [0, 0.1) is 0 Å². The number of hydrogen-bond acceptors (Lipinski definition) is 5. The van der Waals surface area contributed by atoms with Crippen molar-refractivity contribution in [2.24, 2.45) is 0 Å². The topological polar surface area (TPSA) is 58.4 Å². The summed E-state index contributed by atoms with van der Waals surface area (Å²) in [5.41, 5.74) is 5.90. The van der Waals surface area contributed by atoms with Gasteiger partial charge in [0.2, 0.25) is 0 Å². The summed E-state index contributed by atoms with van der Waals surface area (Å²) in [6.07, 6.45) is 8.11. The van der Waals surface area contributed by atoms with E-state index >= 15 is 0 Å². The Morgan fingerprint density at radius 1 is 1.00 bits per heavy atom. The summed E-state index contributed by atoms with van der Waals surface area (Å²) in [7, 11) is 0. The van der Waals surface area contributed by atoms with Gasteiger partial charge in [0.15, 0.2) is 5.65 Å². The number of rotatable bonds is 11. The lowest BCUT2D eigenvalue weighted by Crippen LogP contribution is -2.42. The molecule has 0 aliphatic carbocycles. The molecule has 6 nitrogen and oxygen atoms in total. The van der Waals surface area contributed by atoms with Gasteiger partial charge in [0.1, 0.15) is 0 Å². The first-order valence-corrected chi connectivity index (χ1v) is 12.0. The molecule has 1 atom stereocenters. The first-order chi connectivity index (χ1) is 16.2. The highest BCUT2D eigenvalue weighted by Gasteiger charge is 2.15. The Morgan fingerprint density at radius 3 is 2.58 bits per heavy atom. The average Bonchev–Trinajstić information content (AvgIpc) is 3.29. The number of nitrogens with one attached hydrogen (secondary N) is 1. The Hall–Kier alpha value is -3.09. The molecule has 0 spiro atoms. The highest BCUT2D eigenvalue weighted by Crippen LogP contribution is 2.25. The van der Waals surface area contributed by atoms with Gasteiger partial charge in [0.25, 0.3) is 0 Å². The van der Waals surface area contributed by atoms with Gasteiger partial charge >= 0.3 is 0 Å². The van der Waals surface area contributed by atoms with Crippen molar-refractivity contribution < 1.29 is 0 Å². The predicted molar refractivity (Wildman–Crippen MR) is 135 cm³/mol. The van der Waals surface area contributed by atoms with Gasteiger partial charge < -0.3 is 5.32 Å². The Morgan fingerprint density at radius 2 is 1.82 bits per heavy atom. The van der Waals surface area contributed by atoms with E-state index in [1.165, 1.54) is 18.4 Å². The second kappa shape index (κ2) is 11.2. The molecule has 0 amide bonds. The number of nitrogens with zero attached hydrogens (tertiary/aromatic N) is 5. The third kappa shape index (κ3) is 5.46. The van der Waals surface area contributed by atoms with Crippen molar-refractivity contribution in [1.82, 2.24) is 29.8 Å². The summed E-state index contributed by atoms with van der Waals surface area (Å²) in [6, 6.07) is 17.0. The maximum Gasteiger partial charge on any atom is 0.164 e. The lowest BCUT2D eigenvalue weighted by Gasteiger charge is -2.29. The Kier molecular flexibility index (Phi) is 7.81. The molecule has 0 saturated heterocycles. The molecule has 6 heteroatoms. The van der Waals surface area contributed by atoms with Crippen molar-refractivity contribution >= 4 is 5.65 Å². The zero-order valence-corrected chi connectivity index (χ0v) is 19.9. The molecule has 0 aliphatic rings. The lowest BCUT2D eigenvalue weighted by atomic mass is 10.1. The Balaban J connectivity index is 1.52. The van der Waals surface area contributed by atoms with E-state index in [1.807, 2.05) is 47.4 Å². The fraction of sp³-hybridized carbons (Fsp3) is 0.370. The quantitative estimate of drug-likeness (QED) is 0.352. The second-order valence-electron chi connectivity index (χ2n) is 8.35. The molecule has 4 aromatic rings. The van der Waals surface area contributed by atoms with E-state index in [-0.39, 0.29) is 0 Å². The van der Waals surface area contributed by atoms with Crippen LogP contribution in [0.2, 0.25) is 0 Å². The van der Waals surface area contributed by atoms with E-state index in [0.717, 1.165) is 54.3 Å². The third-order valence-electron chi connectivity index (χ3n) is 6.20. The smallest absolute Gasteiger partial charge is 0.164 e. The number of hydrogen-bond donors (Lipinski definition) is 1. The van der Waals surface area contributed by atoms with Gasteiger partial charge in [0, 0.05) is 37.1 Å². The SMILES string of the molecule is CCCC(CNCc1ccnc(-c2cnn3ccc(-c4ccccc4)nc23)c1)N(CC)CC. The summed E-state index contributed by atoms with van der Waals surface area (Å²) in [4.78, 5) is 12.1. The first kappa shape index (κ1) is 23.1. The van der Waals surface area contributed by atoms with E-state index in [1.54, 1.807) is 0 Å². The fourth-order valence-corrected chi connectivity index (χ4v) is 4.42. The van der Waals surface area contributed by atoms with Crippen LogP contribution in [0.3, 0.4) is 0 Å². The van der Waals surface area contributed by atoms with Crippen LogP contribution in [0.5, 0.6) is 0 Å². The van der Waals surface area contributed by atoms with Gasteiger partial charge in [0.05, 0.1) is 23.1 Å². The number of aromatic nitrogens is 4. The minimum absolute atomic E-state index is 0.575. The lowest BCUT2D eigenvalue weighted by molar-refractivity contribution is 0.199. The fourth-order valence-electron chi connectivity index (χ4n) is 4.42. The van der Waals surface area contributed by atoms with Gasteiger partial charge in [-0.3, -0.25) is 9.88 Å². The van der Waals surface area contributed by atoms with Crippen molar-refractivity contribution in [2.45, 2.75) is 46.2 Å². The van der Waals surface area contributed by atoms with Crippen molar-refractivity contribution in [2.75, 3.05) is 19.6 Å². The van der Waals surface area contributed by atoms with Crippen LogP contribution in [-0.4, -0.2) is 50.2 Å². The Labute approximate surface area is 196 Å². The first-order valence-electron chi connectivity index (χ1n) is 12.0. The normalized spacial score (nSPS) is 12.5. The molecule has 0 aliphatic heterocycles. The highest BCUT2D eigenvalue weighted by atomic mass is 15.2. The van der Waals surface area contributed by atoms with E-state index < -0.39 is 0 Å². The summed E-state index contributed by atoms with van der Waals surface area (Å²) in [5.74, 6) is 0. The molecule has 1 aromatic carbocycles. The van der Waals surface area contributed by atoms with Crippen LogP contribution in [0.1, 0.15) is 39.2 Å². The minimum atomic E-state index is 0.575. The zero-order chi connectivity index (χ0) is 23.0. The van der Waals surface area contributed by atoms with E-state index in [2.05, 4.69) is 65.3 Å². The molecule has 1 unspecified atom stereocenters.